The van der Waals surface area contributed by atoms with Crippen molar-refractivity contribution >= 4 is 17.3 Å². The first kappa shape index (κ1) is 17.9. The molecule has 0 spiro atoms. The number of amides is 1. The molecular weight excluding hydrogens is 322 g/mol. The first-order valence-electron chi connectivity index (χ1n) is 8.91. The second-order valence-corrected chi connectivity index (χ2v) is 6.36. The predicted molar refractivity (Wildman–Crippen MR) is 105 cm³/mol. The van der Waals surface area contributed by atoms with Gasteiger partial charge in [0.15, 0.2) is 0 Å². The summed E-state index contributed by atoms with van der Waals surface area (Å²) in [5.41, 5.74) is 3.59. The van der Waals surface area contributed by atoms with Crippen LogP contribution in [0.5, 0.6) is 0 Å². The molecule has 1 atom stereocenters. The molecule has 4 nitrogen and oxygen atoms in total. The summed E-state index contributed by atoms with van der Waals surface area (Å²) in [6.45, 7) is 2.38. The van der Waals surface area contributed by atoms with E-state index >= 15 is 0 Å². The van der Waals surface area contributed by atoms with Crippen LogP contribution in [0, 0.1) is 11.8 Å². The zero-order valence-electron chi connectivity index (χ0n) is 15.0. The topological polar surface area (TPSA) is 54.0 Å². The van der Waals surface area contributed by atoms with E-state index in [9.17, 15) is 4.79 Å². The Balaban J connectivity index is 1.49. The third-order valence-electron chi connectivity index (χ3n) is 4.28. The Morgan fingerprint density at radius 3 is 2.85 bits per heavy atom. The van der Waals surface area contributed by atoms with E-state index < -0.39 is 0 Å². The molecule has 1 aliphatic rings. The van der Waals surface area contributed by atoms with E-state index in [0.717, 1.165) is 31.4 Å². The third kappa shape index (κ3) is 5.30. The Kier molecular flexibility index (Phi) is 6.19. The Morgan fingerprint density at radius 2 is 2.12 bits per heavy atom. The second-order valence-electron chi connectivity index (χ2n) is 6.36. The second kappa shape index (κ2) is 8.98. The molecule has 1 amide bonds. The van der Waals surface area contributed by atoms with Crippen molar-refractivity contribution in [2.24, 2.45) is 0 Å². The van der Waals surface area contributed by atoms with Gasteiger partial charge in [-0.2, -0.15) is 0 Å². The molecule has 3 rings (SSSR count). The number of anilines is 1. The lowest BCUT2D eigenvalue weighted by molar-refractivity contribution is -0.114. The van der Waals surface area contributed by atoms with Crippen molar-refractivity contribution in [3.05, 3.63) is 65.9 Å². The number of nitrogens with zero attached hydrogens (tertiary/aromatic N) is 1. The van der Waals surface area contributed by atoms with E-state index in [-0.39, 0.29) is 5.91 Å². The molecule has 0 radical (unpaired) electrons. The van der Waals surface area contributed by atoms with E-state index in [1.807, 2.05) is 6.07 Å². The maximum Gasteiger partial charge on any atom is 0.222 e. The van der Waals surface area contributed by atoms with Crippen LogP contribution in [0.4, 0.5) is 5.82 Å². The average molecular weight is 345 g/mol. The van der Waals surface area contributed by atoms with Crippen LogP contribution in [0.2, 0.25) is 0 Å². The van der Waals surface area contributed by atoms with Crippen molar-refractivity contribution < 1.29 is 4.79 Å². The van der Waals surface area contributed by atoms with Gasteiger partial charge in [0.25, 0.3) is 0 Å². The summed E-state index contributed by atoms with van der Waals surface area (Å²) >= 11 is 0. The fraction of sp³-hybridized carbons (Fsp3) is 0.273. The van der Waals surface area contributed by atoms with Gasteiger partial charge in [0.2, 0.25) is 5.91 Å². The number of carbonyl (C=O) groups excluding carboxylic acids is 1. The molecule has 0 saturated carbocycles. The minimum atomic E-state index is -0.125. The standard InChI is InChI=1S/C22H23N3O/c1-17(26)25-22-12-11-18(16-24-22)7-5-6-10-21-15-20(13-14-23-21)19-8-3-2-4-9-19/h2-4,8-9,11-13,16,21,23H,6,10,14-15H2,1H3,(H,24,25,26). The highest BCUT2D eigenvalue weighted by Crippen LogP contribution is 2.23. The average Bonchev–Trinajstić information content (AvgIpc) is 2.67. The molecular formula is C22H23N3O. The van der Waals surface area contributed by atoms with Gasteiger partial charge in [0, 0.05) is 37.7 Å². The number of rotatable bonds is 4. The van der Waals surface area contributed by atoms with Crippen LogP contribution in [0.25, 0.3) is 5.57 Å². The van der Waals surface area contributed by atoms with Gasteiger partial charge in [-0.1, -0.05) is 48.2 Å². The molecule has 0 aliphatic carbocycles. The highest BCUT2D eigenvalue weighted by atomic mass is 16.1. The number of aromatic nitrogens is 1. The van der Waals surface area contributed by atoms with Gasteiger partial charge < -0.3 is 10.6 Å². The van der Waals surface area contributed by atoms with Crippen molar-refractivity contribution in [2.75, 3.05) is 11.9 Å². The molecule has 0 bridgehead atoms. The summed E-state index contributed by atoms with van der Waals surface area (Å²) in [7, 11) is 0. The van der Waals surface area contributed by atoms with Crippen LogP contribution in [0.15, 0.2) is 54.7 Å². The number of hydrogen-bond acceptors (Lipinski definition) is 3. The van der Waals surface area contributed by atoms with Crippen molar-refractivity contribution in [2.45, 2.75) is 32.2 Å². The van der Waals surface area contributed by atoms with Gasteiger partial charge in [-0.15, -0.1) is 0 Å². The van der Waals surface area contributed by atoms with Crippen LogP contribution >= 0.6 is 0 Å². The maximum absolute atomic E-state index is 11.0. The van der Waals surface area contributed by atoms with E-state index in [4.69, 9.17) is 0 Å². The quantitative estimate of drug-likeness (QED) is 0.832. The lowest BCUT2D eigenvalue weighted by Crippen LogP contribution is -2.32. The number of hydrogen-bond donors (Lipinski definition) is 2. The molecule has 4 heteroatoms. The zero-order chi connectivity index (χ0) is 18.2. The van der Waals surface area contributed by atoms with Gasteiger partial charge in [-0.25, -0.2) is 4.98 Å². The van der Waals surface area contributed by atoms with Crippen LogP contribution < -0.4 is 10.6 Å². The molecule has 2 heterocycles. The molecule has 0 fully saturated rings. The minimum Gasteiger partial charge on any atom is -0.311 e. The maximum atomic E-state index is 11.0. The predicted octanol–water partition coefficient (Wildman–Crippen LogP) is 3.62. The molecule has 26 heavy (non-hydrogen) atoms. The number of benzene rings is 1. The molecule has 1 aromatic carbocycles. The number of carbonyl (C=O) groups is 1. The summed E-state index contributed by atoms with van der Waals surface area (Å²) in [6.07, 6.45) is 6.87. The Bertz CT molecular complexity index is 829. The largest absolute Gasteiger partial charge is 0.311 e. The Hall–Kier alpha value is -2.90. The van der Waals surface area contributed by atoms with Crippen molar-refractivity contribution in [1.82, 2.24) is 10.3 Å². The number of pyridine rings is 1. The Morgan fingerprint density at radius 1 is 1.27 bits per heavy atom. The van der Waals surface area contributed by atoms with E-state index in [1.54, 1.807) is 12.3 Å². The SMILES string of the molecule is CC(=O)Nc1ccc(C#CCCC2CC(c3ccccc3)=CCN2)cn1. The van der Waals surface area contributed by atoms with Crippen molar-refractivity contribution in [3.63, 3.8) is 0 Å². The normalized spacial score (nSPS) is 16.2. The molecule has 2 N–H and O–H groups in total. The molecule has 1 aromatic heterocycles. The van der Waals surface area contributed by atoms with Crippen LogP contribution in [0.1, 0.15) is 37.3 Å². The minimum absolute atomic E-state index is 0.125. The van der Waals surface area contributed by atoms with Gasteiger partial charge in [-0.05, 0) is 36.1 Å². The fourth-order valence-corrected chi connectivity index (χ4v) is 2.99. The van der Waals surface area contributed by atoms with Gasteiger partial charge in [0.1, 0.15) is 5.82 Å². The summed E-state index contributed by atoms with van der Waals surface area (Å²) in [5, 5.41) is 6.19. The monoisotopic (exact) mass is 345 g/mol. The summed E-state index contributed by atoms with van der Waals surface area (Å²) in [4.78, 5) is 15.2. The third-order valence-corrected chi connectivity index (χ3v) is 4.28. The fourth-order valence-electron chi connectivity index (χ4n) is 2.99. The van der Waals surface area contributed by atoms with Gasteiger partial charge in [-0.3, -0.25) is 4.79 Å². The lowest BCUT2D eigenvalue weighted by atomic mass is 9.93. The van der Waals surface area contributed by atoms with E-state index in [2.05, 4.69) is 63.9 Å². The highest BCUT2D eigenvalue weighted by molar-refractivity contribution is 5.87. The summed E-state index contributed by atoms with van der Waals surface area (Å²) in [5.74, 6) is 6.79. The van der Waals surface area contributed by atoms with Gasteiger partial charge in [0.05, 0.1) is 0 Å². The first-order valence-corrected chi connectivity index (χ1v) is 8.91. The molecule has 0 saturated heterocycles. The Labute approximate surface area is 154 Å². The lowest BCUT2D eigenvalue weighted by Gasteiger charge is -2.24. The van der Waals surface area contributed by atoms with Crippen LogP contribution in [-0.2, 0) is 4.79 Å². The van der Waals surface area contributed by atoms with Crippen LogP contribution in [0.3, 0.4) is 0 Å². The summed E-state index contributed by atoms with van der Waals surface area (Å²) < 4.78 is 0. The smallest absolute Gasteiger partial charge is 0.222 e. The zero-order valence-corrected chi connectivity index (χ0v) is 15.0. The van der Waals surface area contributed by atoms with E-state index in [0.29, 0.717) is 11.9 Å². The highest BCUT2D eigenvalue weighted by Gasteiger charge is 2.15. The summed E-state index contributed by atoms with van der Waals surface area (Å²) in [6, 6.07) is 14.7. The number of nitrogens with one attached hydrogen (secondary N) is 2. The van der Waals surface area contributed by atoms with Gasteiger partial charge >= 0.3 is 0 Å². The van der Waals surface area contributed by atoms with Crippen molar-refractivity contribution in [1.29, 1.82) is 0 Å². The van der Waals surface area contributed by atoms with Crippen molar-refractivity contribution in [3.8, 4) is 11.8 Å². The molecule has 2 aromatic rings. The van der Waals surface area contributed by atoms with Crippen LogP contribution in [-0.4, -0.2) is 23.5 Å². The first-order chi connectivity index (χ1) is 12.7. The molecule has 1 unspecified atom stereocenters. The van der Waals surface area contributed by atoms with E-state index in [1.165, 1.54) is 18.1 Å². The molecule has 1 aliphatic heterocycles. The molecule has 132 valence electrons.